The second-order valence-corrected chi connectivity index (χ2v) is 6.50. The molecule has 0 saturated heterocycles. The number of hydrogen-bond acceptors (Lipinski definition) is 1. The van der Waals surface area contributed by atoms with Gasteiger partial charge in [0.1, 0.15) is 0 Å². The average Bonchev–Trinajstić information content (AvgIpc) is 2.16. The molecule has 88 valence electrons. The van der Waals surface area contributed by atoms with Crippen LogP contribution in [0.3, 0.4) is 0 Å². The maximum Gasteiger partial charge on any atom is 0.330 e. The highest BCUT2D eigenvalue weighted by Crippen LogP contribution is 2.18. The fourth-order valence-corrected chi connectivity index (χ4v) is 3.97. The van der Waals surface area contributed by atoms with Gasteiger partial charge in [-0.2, -0.15) is 0 Å². The molecule has 0 aliphatic carbocycles. The Balaban J connectivity index is 4.56. The molecule has 0 bridgehead atoms. The van der Waals surface area contributed by atoms with Crippen LogP contribution in [-0.2, 0) is 4.79 Å². The van der Waals surface area contributed by atoms with Crippen LogP contribution >= 0.6 is 0 Å². The number of carboxylic acid groups (broad SMARTS) is 1. The van der Waals surface area contributed by atoms with E-state index in [4.69, 9.17) is 5.11 Å². The van der Waals surface area contributed by atoms with E-state index in [0.29, 0.717) is 11.5 Å². The van der Waals surface area contributed by atoms with Gasteiger partial charge in [-0.15, -0.1) is 0 Å². The second-order valence-electron chi connectivity index (χ2n) is 4.66. The predicted octanol–water partition coefficient (Wildman–Crippen LogP) is 2.63. The van der Waals surface area contributed by atoms with Crippen molar-refractivity contribution in [3.63, 3.8) is 0 Å². The monoisotopic (exact) mass is 228 g/mol. The lowest BCUT2D eigenvalue weighted by Crippen LogP contribution is -2.13. The third-order valence-corrected chi connectivity index (χ3v) is 6.26. The number of hydrogen-bond donors (Lipinski definition) is 1. The summed E-state index contributed by atoms with van der Waals surface area (Å²) in [6.07, 6.45) is 1.20. The molecular formula is C12H24O2Si. The summed E-state index contributed by atoms with van der Waals surface area (Å²) in [6, 6.07) is 1.23. The molecule has 0 heterocycles. The Morgan fingerprint density at radius 2 is 1.87 bits per heavy atom. The molecule has 0 rings (SSSR count). The van der Waals surface area contributed by atoms with E-state index in [1.165, 1.54) is 17.7 Å². The lowest BCUT2D eigenvalue weighted by atomic mass is 10.1. The molecule has 0 aliphatic heterocycles. The summed E-state index contributed by atoms with van der Waals surface area (Å²) < 4.78 is 0. The van der Waals surface area contributed by atoms with Crippen molar-refractivity contribution in [2.24, 2.45) is 11.8 Å². The van der Waals surface area contributed by atoms with E-state index < -0.39 is 5.97 Å². The standard InChI is InChI=1S/C12H24O2Si/c1-6-9(4)7-15-11(8(2)3)10(5)12(13)14/h8-9H,6-7,15H2,1-5H3,(H,13,14). The molecule has 15 heavy (non-hydrogen) atoms. The summed E-state index contributed by atoms with van der Waals surface area (Å²) in [4.78, 5) is 10.9. The van der Waals surface area contributed by atoms with Crippen LogP contribution in [0.4, 0.5) is 0 Å². The average molecular weight is 228 g/mol. The molecule has 0 aromatic rings. The predicted molar refractivity (Wildman–Crippen MR) is 68.0 cm³/mol. The van der Waals surface area contributed by atoms with E-state index in [0.717, 1.165) is 5.92 Å². The van der Waals surface area contributed by atoms with Crippen molar-refractivity contribution in [1.82, 2.24) is 0 Å². The number of carbonyl (C=O) groups is 1. The fraction of sp³-hybridized carbons (Fsp3) is 0.750. The number of allylic oxidation sites excluding steroid dienone is 1. The minimum atomic E-state index is -0.740. The molecule has 1 unspecified atom stereocenters. The fourth-order valence-electron chi connectivity index (χ4n) is 1.65. The molecule has 2 nitrogen and oxygen atoms in total. The lowest BCUT2D eigenvalue weighted by molar-refractivity contribution is -0.132. The largest absolute Gasteiger partial charge is 0.478 e. The van der Waals surface area contributed by atoms with E-state index in [1.54, 1.807) is 6.92 Å². The Morgan fingerprint density at radius 3 is 2.20 bits per heavy atom. The van der Waals surface area contributed by atoms with Gasteiger partial charge in [0.2, 0.25) is 0 Å². The van der Waals surface area contributed by atoms with E-state index in [1.807, 2.05) is 0 Å². The molecule has 0 aromatic carbocycles. The Morgan fingerprint density at radius 1 is 1.33 bits per heavy atom. The van der Waals surface area contributed by atoms with Crippen LogP contribution in [0.5, 0.6) is 0 Å². The molecule has 3 heteroatoms. The van der Waals surface area contributed by atoms with Crippen molar-refractivity contribution in [2.45, 2.75) is 47.1 Å². The minimum Gasteiger partial charge on any atom is -0.478 e. The van der Waals surface area contributed by atoms with Crippen LogP contribution in [0.1, 0.15) is 41.0 Å². The van der Waals surface area contributed by atoms with Gasteiger partial charge in [-0.1, -0.05) is 45.4 Å². The maximum absolute atomic E-state index is 10.9. The van der Waals surface area contributed by atoms with Crippen molar-refractivity contribution in [2.75, 3.05) is 0 Å². The second kappa shape index (κ2) is 6.83. The highest BCUT2D eigenvalue weighted by molar-refractivity contribution is 6.46. The van der Waals surface area contributed by atoms with Gasteiger partial charge >= 0.3 is 5.97 Å². The molecule has 0 saturated carbocycles. The highest BCUT2D eigenvalue weighted by Gasteiger charge is 2.13. The Hall–Kier alpha value is -0.573. The first-order valence-corrected chi connectivity index (χ1v) is 7.53. The van der Waals surface area contributed by atoms with Crippen LogP contribution < -0.4 is 0 Å². The molecule has 0 spiro atoms. The molecule has 0 aliphatic rings. The lowest BCUT2D eigenvalue weighted by Gasteiger charge is -2.15. The molecule has 0 fully saturated rings. The number of carboxylic acids is 1. The van der Waals surface area contributed by atoms with Gasteiger partial charge in [0.25, 0.3) is 0 Å². The summed E-state index contributed by atoms with van der Waals surface area (Å²) in [7, 11) is -0.372. The summed E-state index contributed by atoms with van der Waals surface area (Å²) >= 11 is 0. The van der Waals surface area contributed by atoms with Crippen molar-refractivity contribution in [1.29, 1.82) is 0 Å². The molecule has 0 amide bonds. The number of aliphatic carboxylic acids is 1. The summed E-state index contributed by atoms with van der Waals surface area (Å²) in [6.45, 7) is 10.4. The maximum atomic E-state index is 10.9. The minimum absolute atomic E-state index is 0.372. The van der Waals surface area contributed by atoms with Crippen LogP contribution in [0.2, 0.25) is 6.04 Å². The molecule has 1 atom stereocenters. The van der Waals surface area contributed by atoms with Crippen LogP contribution in [-0.4, -0.2) is 20.6 Å². The molecular weight excluding hydrogens is 204 g/mol. The van der Waals surface area contributed by atoms with Crippen molar-refractivity contribution < 1.29 is 9.90 Å². The number of rotatable bonds is 6. The Kier molecular flexibility index (Phi) is 6.57. The smallest absolute Gasteiger partial charge is 0.330 e. The van der Waals surface area contributed by atoms with Gasteiger partial charge in [-0.3, -0.25) is 0 Å². The first kappa shape index (κ1) is 14.4. The van der Waals surface area contributed by atoms with E-state index >= 15 is 0 Å². The van der Waals surface area contributed by atoms with Crippen molar-refractivity contribution in [3.05, 3.63) is 10.8 Å². The van der Waals surface area contributed by atoms with Gasteiger partial charge in [-0.25, -0.2) is 4.79 Å². The molecule has 1 N–H and O–H groups in total. The quantitative estimate of drug-likeness (QED) is 0.560. The third kappa shape index (κ3) is 5.16. The normalized spacial score (nSPS) is 15.9. The third-order valence-electron chi connectivity index (χ3n) is 3.10. The Bertz CT molecular complexity index is 244. The van der Waals surface area contributed by atoms with E-state index in [-0.39, 0.29) is 9.52 Å². The zero-order valence-electron chi connectivity index (χ0n) is 10.6. The summed E-state index contributed by atoms with van der Waals surface area (Å²) in [5, 5.41) is 10.2. The van der Waals surface area contributed by atoms with Gasteiger partial charge < -0.3 is 5.11 Å². The van der Waals surface area contributed by atoms with Crippen LogP contribution in [0.15, 0.2) is 10.8 Å². The SMILES string of the molecule is CCC(C)C[SiH2]C(=C(C)C(=O)O)C(C)C. The first-order valence-electron chi connectivity index (χ1n) is 5.83. The van der Waals surface area contributed by atoms with Crippen molar-refractivity contribution >= 4 is 15.5 Å². The first-order chi connectivity index (χ1) is 6.90. The zero-order valence-corrected chi connectivity index (χ0v) is 12.0. The highest BCUT2D eigenvalue weighted by atomic mass is 28.2. The topological polar surface area (TPSA) is 37.3 Å². The summed E-state index contributed by atoms with van der Waals surface area (Å²) in [5.74, 6) is 0.402. The van der Waals surface area contributed by atoms with E-state index in [2.05, 4.69) is 27.7 Å². The van der Waals surface area contributed by atoms with Crippen molar-refractivity contribution in [3.8, 4) is 0 Å². The Labute approximate surface area is 95.6 Å². The van der Waals surface area contributed by atoms with Gasteiger partial charge in [0.05, 0.1) is 9.52 Å². The van der Waals surface area contributed by atoms with Crippen LogP contribution in [0, 0.1) is 11.8 Å². The van der Waals surface area contributed by atoms with Gasteiger partial charge in [0, 0.05) is 5.57 Å². The zero-order chi connectivity index (χ0) is 12.0. The van der Waals surface area contributed by atoms with Gasteiger partial charge in [0.15, 0.2) is 0 Å². The van der Waals surface area contributed by atoms with Gasteiger partial charge in [-0.05, 0) is 18.8 Å². The summed E-state index contributed by atoms with van der Waals surface area (Å²) in [5.41, 5.74) is 0.597. The molecule has 0 aromatic heterocycles. The van der Waals surface area contributed by atoms with E-state index in [9.17, 15) is 4.79 Å². The van der Waals surface area contributed by atoms with Crippen LogP contribution in [0.25, 0.3) is 0 Å². The molecule has 0 radical (unpaired) electrons.